The number of ether oxygens (including phenoxy) is 1. The number of carbonyl (C=O) groups excluding carboxylic acids is 2. The van der Waals surface area contributed by atoms with Crippen LogP contribution in [0.4, 0.5) is 0 Å². The van der Waals surface area contributed by atoms with E-state index in [9.17, 15) is 9.59 Å². The second kappa shape index (κ2) is 10.2. The van der Waals surface area contributed by atoms with Gasteiger partial charge in [-0.15, -0.1) is 0 Å². The first-order valence-corrected chi connectivity index (χ1v) is 9.95. The molecule has 8 heteroatoms. The van der Waals surface area contributed by atoms with Crippen molar-refractivity contribution in [2.45, 2.75) is 13.0 Å². The summed E-state index contributed by atoms with van der Waals surface area (Å²) in [5.41, 5.74) is 1.47. The smallest absolute Gasteiger partial charge is 0.254 e. The molecule has 1 aliphatic rings. The molecule has 0 saturated carbocycles. The highest BCUT2D eigenvalue weighted by Crippen LogP contribution is 2.22. The summed E-state index contributed by atoms with van der Waals surface area (Å²) in [5.74, 6) is 0.627. The normalized spacial score (nSPS) is 14.9. The molecule has 1 fully saturated rings. The molecular formula is C21H25ClN4O3. The molecule has 2 amide bonds. The summed E-state index contributed by atoms with van der Waals surface area (Å²) < 4.78 is 5.31. The lowest BCUT2D eigenvalue weighted by Gasteiger charge is -2.22. The lowest BCUT2D eigenvalue weighted by Crippen LogP contribution is -2.40. The number of nitrogens with one attached hydrogen (secondary N) is 1. The first kappa shape index (κ1) is 21.1. The van der Waals surface area contributed by atoms with E-state index in [0.717, 1.165) is 18.5 Å². The van der Waals surface area contributed by atoms with Gasteiger partial charge in [0.15, 0.2) is 0 Å². The van der Waals surface area contributed by atoms with Crippen molar-refractivity contribution < 1.29 is 14.3 Å². The Kier molecular flexibility index (Phi) is 7.43. The number of carbonyl (C=O) groups is 2. The zero-order chi connectivity index (χ0) is 20.6. The third-order valence-corrected chi connectivity index (χ3v) is 5.12. The van der Waals surface area contributed by atoms with Crippen LogP contribution < -0.4 is 10.1 Å². The fourth-order valence-corrected chi connectivity index (χ4v) is 3.54. The van der Waals surface area contributed by atoms with Crippen LogP contribution in [-0.2, 0) is 11.3 Å². The minimum absolute atomic E-state index is 0.00625. The zero-order valence-electron chi connectivity index (χ0n) is 16.4. The van der Waals surface area contributed by atoms with Crippen molar-refractivity contribution in [2.24, 2.45) is 0 Å². The van der Waals surface area contributed by atoms with E-state index in [1.807, 2.05) is 4.90 Å². The standard InChI is InChI=1S/C21H25ClN4O3/c1-29-19-4-3-18(22)13-17(19)14-24-20(27)15-25-9-2-10-26(12-11-25)21(28)16-5-7-23-8-6-16/h3-8,13H,2,9-12,14-15H2,1H3,(H,24,27). The van der Waals surface area contributed by atoms with Gasteiger partial charge in [0.25, 0.3) is 5.91 Å². The van der Waals surface area contributed by atoms with Crippen LogP contribution in [0.3, 0.4) is 0 Å². The van der Waals surface area contributed by atoms with E-state index in [1.165, 1.54) is 0 Å². The molecule has 1 N–H and O–H groups in total. The van der Waals surface area contributed by atoms with Crippen molar-refractivity contribution in [3.8, 4) is 5.75 Å². The number of aromatic nitrogens is 1. The van der Waals surface area contributed by atoms with Crippen LogP contribution in [0, 0.1) is 0 Å². The van der Waals surface area contributed by atoms with Gasteiger partial charge in [-0.05, 0) is 36.8 Å². The summed E-state index contributed by atoms with van der Waals surface area (Å²) in [6, 6.07) is 8.77. The molecule has 0 radical (unpaired) electrons. The molecule has 2 aromatic rings. The molecule has 1 aromatic heterocycles. The Morgan fingerprint density at radius 2 is 1.93 bits per heavy atom. The highest BCUT2D eigenvalue weighted by Gasteiger charge is 2.21. The molecular weight excluding hydrogens is 392 g/mol. The molecule has 1 aliphatic heterocycles. The molecule has 1 saturated heterocycles. The highest BCUT2D eigenvalue weighted by molar-refractivity contribution is 6.30. The molecule has 0 aliphatic carbocycles. The maximum Gasteiger partial charge on any atom is 0.254 e. The molecule has 7 nitrogen and oxygen atoms in total. The van der Waals surface area contributed by atoms with Crippen LogP contribution in [0.5, 0.6) is 5.75 Å². The minimum Gasteiger partial charge on any atom is -0.496 e. The summed E-state index contributed by atoms with van der Waals surface area (Å²) in [5, 5.41) is 3.52. The van der Waals surface area contributed by atoms with E-state index in [4.69, 9.17) is 16.3 Å². The number of pyridine rings is 1. The molecule has 2 heterocycles. The largest absolute Gasteiger partial charge is 0.496 e. The maximum absolute atomic E-state index is 12.6. The first-order valence-electron chi connectivity index (χ1n) is 9.57. The number of hydrogen-bond acceptors (Lipinski definition) is 5. The van der Waals surface area contributed by atoms with E-state index >= 15 is 0 Å². The predicted molar refractivity (Wildman–Crippen MR) is 111 cm³/mol. The average Bonchev–Trinajstić information content (AvgIpc) is 2.98. The Morgan fingerprint density at radius 3 is 2.69 bits per heavy atom. The lowest BCUT2D eigenvalue weighted by molar-refractivity contribution is -0.122. The fourth-order valence-electron chi connectivity index (χ4n) is 3.35. The molecule has 1 aromatic carbocycles. The highest BCUT2D eigenvalue weighted by atomic mass is 35.5. The van der Waals surface area contributed by atoms with E-state index in [0.29, 0.717) is 49.1 Å². The van der Waals surface area contributed by atoms with Gasteiger partial charge in [0.2, 0.25) is 5.91 Å². The number of nitrogens with zero attached hydrogens (tertiary/aromatic N) is 3. The summed E-state index contributed by atoms with van der Waals surface area (Å²) in [4.78, 5) is 32.9. The number of hydrogen-bond donors (Lipinski definition) is 1. The van der Waals surface area contributed by atoms with Crippen LogP contribution in [0.1, 0.15) is 22.3 Å². The van der Waals surface area contributed by atoms with E-state index in [2.05, 4.69) is 15.2 Å². The van der Waals surface area contributed by atoms with Gasteiger partial charge in [-0.3, -0.25) is 19.5 Å². The second-order valence-corrected chi connectivity index (χ2v) is 7.33. The fraction of sp³-hybridized carbons (Fsp3) is 0.381. The molecule has 0 unspecified atom stereocenters. The topological polar surface area (TPSA) is 74.8 Å². The van der Waals surface area contributed by atoms with Gasteiger partial charge in [0, 0.05) is 61.3 Å². The first-order chi connectivity index (χ1) is 14.1. The number of amides is 2. The number of methoxy groups -OCH3 is 1. The Bertz CT molecular complexity index is 847. The quantitative estimate of drug-likeness (QED) is 0.781. The molecule has 3 rings (SSSR count). The molecule has 0 bridgehead atoms. The van der Waals surface area contributed by atoms with Gasteiger partial charge < -0.3 is 15.0 Å². The van der Waals surface area contributed by atoms with Gasteiger partial charge in [-0.25, -0.2) is 0 Å². The Balaban J connectivity index is 1.49. The van der Waals surface area contributed by atoms with Crippen LogP contribution in [0.2, 0.25) is 5.02 Å². The Morgan fingerprint density at radius 1 is 1.14 bits per heavy atom. The van der Waals surface area contributed by atoms with Crippen LogP contribution >= 0.6 is 11.6 Å². The van der Waals surface area contributed by atoms with Crippen molar-refractivity contribution >= 4 is 23.4 Å². The van der Waals surface area contributed by atoms with E-state index in [-0.39, 0.29) is 11.8 Å². The number of rotatable bonds is 6. The molecule has 29 heavy (non-hydrogen) atoms. The van der Waals surface area contributed by atoms with Gasteiger partial charge in [-0.1, -0.05) is 11.6 Å². The van der Waals surface area contributed by atoms with Gasteiger partial charge >= 0.3 is 0 Å². The van der Waals surface area contributed by atoms with Crippen molar-refractivity contribution in [1.82, 2.24) is 20.1 Å². The third kappa shape index (κ3) is 5.92. The summed E-state index contributed by atoms with van der Waals surface area (Å²) in [6.07, 6.45) is 4.07. The second-order valence-electron chi connectivity index (χ2n) is 6.89. The van der Waals surface area contributed by atoms with Gasteiger partial charge in [0.1, 0.15) is 5.75 Å². The van der Waals surface area contributed by atoms with E-state index < -0.39 is 0 Å². The van der Waals surface area contributed by atoms with Crippen molar-refractivity contribution in [2.75, 3.05) is 39.8 Å². The lowest BCUT2D eigenvalue weighted by atomic mass is 10.2. The Labute approximate surface area is 175 Å². The number of halogens is 1. The van der Waals surface area contributed by atoms with Crippen molar-refractivity contribution in [3.05, 3.63) is 58.9 Å². The van der Waals surface area contributed by atoms with Gasteiger partial charge in [-0.2, -0.15) is 0 Å². The molecule has 154 valence electrons. The molecule has 0 spiro atoms. The van der Waals surface area contributed by atoms with Crippen LogP contribution in [-0.4, -0.2) is 66.4 Å². The summed E-state index contributed by atoms with van der Waals surface area (Å²) in [6.45, 7) is 3.34. The van der Waals surface area contributed by atoms with Crippen LogP contribution in [0.15, 0.2) is 42.7 Å². The Hall–Kier alpha value is -2.64. The van der Waals surface area contributed by atoms with E-state index in [1.54, 1.807) is 49.8 Å². The monoisotopic (exact) mass is 416 g/mol. The minimum atomic E-state index is -0.0686. The summed E-state index contributed by atoms with van der Waals surface area (Å²) >= 11 is 6.03. The van der Waals surface area contributed by atoms with Crippen molar-refractivity contribution in [3.63, 3.8) is 0 Å². The maximum atomic E-state index is 12.6. The molecule has 0 atom stereocenters. The SMILES string of the molecule is COc1ccc(Cl)cc1CNC(=O)CN1CCCN(C(=O)c2ccncc2)CC1. The van der Waals surface area contributed by atoms with Crippen LogP contribution in [0.25, 0.3) is 0 Å². The number of benzene rings is 1. The van der Waals surface area contributed by atoms with Crippen molar-refractivity contribution in [1.29, 1.82) is 0 Å². The van der Waals surface area contributed by atoms with Gasteiger partial charge in [0.05, 0.1) is 13.7 Å². The summed E-state index contributed by atoms with van der Waals surface area (Å²) in [7, 11) is 1.59. The average molecular weight is 417 g/mol. The predicted octanol–water partition coefficient (Wildman–Crippen LogP) is 2.21. The third-order valence-electron chi connectivity index (χ3n) is 4.89. The zero-order valence-corrected chi connectivity index (χ0v) is 17.2.